The largest absolute Gasteiger partial charge is 0.461 e. The summed E-state index contributed by atoms with van der Waals surface area (Å²) in [5.41, 5.74) is 2.64. The summed E-state index contributed by atoms with van der Waals surface area (Å²) in [4.78, 5) is 11.5. The molecule has 2 aliphatic heterocycles. The van der Waals surface area contributed by atoms with Crippen LogP contribution in [0.4, 0.5) is 5.95 Å². The Kier molecular flexibility index (Phi) is 2.11. The first kappa shape index (κ1) is 10.3. The second-order valence-corrected chi connectivity index (χ2v) is 5.33. The van der Waals surface area contributed by atoms with Crippen LogP contribution in [-0.2, 0) is 0 Å². The molecule has 4 heterocycles. The summed E-state index contributed by atoms with van der Waals surface area (Å²) in [5.74, 6) is 2.37. The van der Waals surface area contributed by atoms with Gasteiger partial charge in [0, 0.05) is 32.2 Å². The van der Waals surface area contributed by atoms with Crippen LogP contribution in [0.25, 0.3) is 11.1 Å². The normalized spacial score (nSPS) is 27.1. The second-order valence-electron chi connectivity index (χ2n) is 5.33. The Morgan fingerprint density at radius 3 is 2.83 bits per heavy atom. The Hall–Kier alpha value is -1.62. The number of aromatic nitrogens is 2. The lowest BCUT2D eigenvalue weighted by molar-refractivity contribution is 0.533. The third kappa shape index (κ3) is 1.43. The average Bonchev–Trinajstić information content (AvgIpc) is 3.02. The zero-order valence-electron chi connectivity index (χ0n) is 10.4. The average molecular weight is 244 g/mol. The lowest BCUT2D eigenvalue weighted by Gasteiger charge is -2.17. The van der Waals surface area contributed by atoms with Gasteiger partial charge in [0.2, 0.25) is 5.95 Å². The van der Waals surface area contributed by atoms with E-state index in [0.29, 0.717) is 0 Å². The fourth-order valence-electron chi connectivity index (χ4n) is 3.15. The number of rotatable bonds is 1. The molecule has 2 aromatic heterocycles. The molecule has 4 rings (SSSR count). The predicted molar refractivity (Wildman–Crippen MR) is 68.6 cm³/mol. The standard InChI is InChI=1S/C13H16N4O/c1-8-12-11(2-3-18-12)16-13(15-8)17-6-9-4-14-5-10(9)7-17/h2-3,9-10,14H,4-7H2,1H3/t9-,10+. The molecule has 18 heavy (non-hydrogen) atoms. The van der Waals surface area contributed by atoms with Crippen LogP contribution in [0.2, 0.25) is 0 Å². The molecule has 1 N–H and O–H groups in total. The van der Waals surface area contributed by atoms with Crippen molar-refractivity contribution in [1.82, 2.24) is 15.3 Å². The predicted octanol–water partition coefficient (Wildman–Crippen LogP) is 1.19. The van der Waals surface area contributed by atoms with Crippen molar-refractivity contribution in [2.24, 2.45) is 11.8 Å². The molecule has 0 unspecified atom stereocenters. The van der Waals surface area contributed by atoms with Gasteiger partial charge in [0.05, 0.1) is 12.0 Å². The van der Waals surface area contributed by atoms with Gasteiger partial charge in [-0.15, -0.1) is 0 Å². The fourth-order valence-corrected chi connectivity index (χ4v) is 3.15. The highest BCUT2D eigenvalue weighted by atomic mass is 16.3. The van der Waals surface area contributed by atoms with Gasteiger partial charge in [0.15, 0.2) is 5.58 Å². The van der Waals surface area contributed by atoms with E-state index < -0.39 is 0 Å². The number of nitrogens with one attached hydrogen (secondary N) is 1. The van der Waals surface area contributed by atoms with Crippen LogP contribution in [0.5, 0.6) is 0 Å². The van der Waals surface area contributed by atoms with Gasteiger partial charge in [-0.3, -0.25) is 0 Å². The maximum atomic E-state index is 5.39. The number of furan rings is 1. The van der Waals surface area contributed by atoms with E-state index >= 15 is 0 Å². The van der Waals surface area contributed by atoms with E-state index in [0.717, 1.165) is 60.8 Å². The number of nitrogens with zero attached hydrogens (tertiary/aromatic N) is 3. The van der Waals surface area contributed by atoms with Crippen molar-refractivity contribution in [2.75, 3.05) is 31.1 Å². The van der Waals surface area contributed by atoms with Crippen molar-refractivity contribution in [3.8, 4) is 0 Å². The topological polar surface area (TPSA) is 54.2 Å². The maximum absolute atomic E-state index is 5.39. The molecule has 0 aromatic carbocycles. The first-order valence-corrected chi connectivity index (χ1v) is 6.49. The van der Waals surface area contributed by atoms with Crippen LogP contribution < -0.4 is 10.2 Å². The molecule has 2 aliphatic rings. The second kappa shape index (κ2) is 3.68. The summed E-state index contributed by atoms with van der Waals surface area (Å²) < 4.78 is 5.39. The van der Waals surface area contributed by atoms with Crippen LogP contribution in [-0.4, -0.2) is 36.1 Å². The van der Waals surface area contributed by atoms with Gasteiger partial charge in [-0.25, -0.2) is 9.97 Å². The highest BCUT2D eigenvalue weighted by Gasteiger charge is 2.37. The first-order chi connectivity index (χ1) is 8.81. The Bertz CT molecular complexity index is 582. The van der Waals surface area contributed by atoms with Crippen molar-refractivity contribution >= 4 is 17.0 Å². The van der Waals surface area contributed by atoms with E-state index in [4.69, 9.17) is 4.42 Å². The van der Waals surface area contributed by atoms with Crippen molar-refractivity contribution in [1.29, 1.82) is 0 Å². The van der Waals surface area contributed by atoms with Crippen LogP contribution in [0.1, 0.15) is 5.69 Å². The highest BCUT2D eigenvalue weighted by molar-refractivity contribution is 5.75. The highest BCUT2D eigenvalue weighted by Crippen LogP contribution is 2.30. The fraction of sp³-hybridized carbons (Fsp3) is 0.538. The van der Waals surface area contributed by atoms with Crippen LogP contribution in [0.15, 0.2) is 16.7 Å². The van der Waals surface area contributed by atoms with E-state index in [9.17, 15) is 0 Å². The SMILES string of the molecule is Cc1nc(N2C[C@H]3CNC[C@H]3C2)nc2ccoc12. The molecule has 0 bridgehead atoms. The Morgan fingerprint density at radius 1 is 1.28 bits per heavy atom. The number of hydrogen-bond donors (Lipinski definition) is 1. The van der Waals surface area contributed by atoms with Crippen LogP contribution in [0.3, 0.4) is 0 Å². The van der Waals surface area contributed by atoms with Gasteiger partial charge < -0.3 is 14.6 Å². The molecule has 2 aromatic rings. The van der Waals surface area contributed by atoms with E-state index in [1.165, 1.54) is 0 Å². The van der Waals surface area contributed by atoms with Gasteiger partial charge in [0.1, 0.15) is 5.52 Å². The van der Waals surface area contributed by atoms with Gasteiger partial charge in [0.25, 0.3) is 0 Å². The zero-order chi connectivity index (χ0) is 12.1. The summed E-state index contributed by atoms with van der Waals surface area (Å²) in [6.07, 6.45) is 1.68. The van der Waals surface area contributed by atoms with E-state index in [1.54, 1.807) is 6.26 Å². The van der Waals surface area contributed by atoms with Gasteiger partial charge >= 0.3 is 0 Å². The number of aryl methyl sites for hydroxylation is 1. The third-order valence-corrected chi connectivity index (χ3v) is 4.13. The van der Waals surface area contributed by atoms with Crippen molar-refractivity contribution in [3.05, 3.63) is 18.0 Å². The smallest absolute Gasteiger partial charge is 0.226 e. The van der Waals surface area contributed by atoms with Gasteiger partial charge in [-0.05, 0) is 18.8 Å². The summed E-state index contributed by atoms with van der Waals surface area (Å²) in [5, 5.41) is 3.45. The Morgan fingerprint density at radius 2 is 2.06 bits per heavy atom. The molecular weight excluding hydrogens is 228 g/mol. The van der Waals surface area contributed by atoms with Gasteiger partial charge in [-0.2, -0.15) is 0 Å². The Labute approximate surface area is 105 Å². The molecule has 5 heteroatoms. The number of fused-ring (bicyclic) bond motifs is 2. The van der Waals surface area contributed by atoms with Crippen molar-refractivity contribution in [2.45, 2.75) is 6.92 Å². The molecule has 0 amide bonds. The number of hydrogen-bond acceptors (Lipinski definition) is 5. The minimum Gasteiger partial charge on any atom is -0.461 e. The lowest BCUT2D eigenvalue weighted by Crippen LogP contribution is -2.27. The molecule has 2 atom stereocenters. The van der Waals surface area contributed by atoms with E-state index in [-0.39, 0.29) is 0 Å². The lowest BCUT2D eigenvalue weighted by atomic mass is 10.0. The summed E-state index contributed by atoms with van der Waals surface area (Å²) in [7, 11) is 0. The quantitative estimate of drug-likeness (QED) is 0.816. The molecule has 2 fully saturated rings. The summed E-state index contributed by atoms with van der Waals surface area (Å²) in [6.45, 7) is 6.39. The Balaban J connectivity index is 1.70. The summed E-state index contributed by atoms with van der Waals surface area (Å²) in [6, 6.07) is 1.91. The molecular formula is C13H16N4O. The number of anilines is 1. The molecule has 94 valence electrons. The molecule has 2 saturated heterocycles. The minimum absolute atomic E-state index is 0.758. The molecule has 5 nitrogen and oxygen atoms in total. The van der Waals surface area contributed by atoms with E-state index in [2.05, 4.69) is 20.2 Å². The zero-order valence-corrected chi connectivity index (χ0v) is 10.4. The van der Waals surface area contributed by atoms with Gasteiger partial charge in [-0.1, -0.05) is 0 Å². The molecule has 0 saturated carbocycles. The maximum Gasteiger partial charge on any atom is 0.226 e. The first-order valence-electron chi connectivity index (χ1n) is 6.49. The van der Waals surface area contributed by atoms with Crippen LogP contribution >= 0.6 is 0 Å². The third-order valence-electron chi connectivity index (χ3n) is 4.13. The molecule has 0 aliphatic carbocycles. The van der Waals surface area contributed by atoms with Crippen molar-refractivity contribution in [3.63, 3.8) is 0 Å². The summed E-state index contributed by atoms with van der Waals surface area (Å²) >= 11 is 0. The van der Waals surface area contributed by atoms with E-state index in [1.807, 2.05) is 13.0 Å². The van der Waals surface area contributed by atoms with Crippen LogP contribution in [0, 0.1) is 18.8 Å². The monoisotopic (exact) mass is 244 g/mol. The minimum atomic E-state index is 0.758. The molecule has 0 radical (unpaired) electrons. The van der Waals surface area contributed by atoms with Crippen molar-refractivity contribution < 1.29 is 4.42 Å². The molecule has 0 spiro atoms.